The first kappa shape index (κ1) is 20.4. The molecule has 7 heteroatoms. The van der Waals surface area contributed by atoms with Crippen LogP contribution in [-0.2, 0) is 4.79 Å². The minimum Gasteiger partial charge on any atom is -0.423 e. The lowest BCUT2D eigenvalue weighted by atomic mass is 9.78. The van der Waals surface area contributed by atoms with Gasteiger partial charge in [-0.05, 0) is 47.7 Å². The van der Waals surface area contributed by atoms with Gasteiger partial charge in [-0.15, -0.1) is 0 Å². The number of Topliss-reactive ketones (excluding diaryl/α,β-unsaturated/α-hetero) is 1. The topological polar surface area (TPSA) is 79.5 Å². The highest BCUT2D eigenvalue weighted by atomic mass is 19.1. The molecular formula is C27H21FN4O2. The molecule has 0 spiro atoms. The minimum atomic E-state index is -0.439. The summed E-state index contributed by atoms with van der Waals surface area (Å²) in [6.45, 7) is 0. The lowest BCUT2D eigenvalue weighted by Gasteiger charge is -2.33. The van der Waals surface area contributed by atoms with Gasteiger partial charge in [-0.3, -0.25) is 10.1 Å². The van der Waals surface area contributed by atoms with Crippen LogP contribution in [0.1, 0.15) is 35.9 Å². The molecule has 0 fully saturated rings. The summed E-state index contributed by atoms with van der Waals surface area (Å²) in [6.07, 6.45) is 0.975. The molecule has 2 unspecified atom stereocenters. The Morgan fingerprint density at radius 1 is 0.912 bits per heavy atom. The van der Waals surface area contributed by atoms with Crippen molar-refractivity contribution in [2.24, 2.45) is 4.99 Å². The zero-order valence-electron chi connectivity index (χ0n) is 18.2. The number of ketones is 1. The maximum Gasteiger partial charge on any atom is 0.302 e. The summed E-state index contributed by atoms with van der Waals surface area (Å²) in [4.78, 5) is 22.7. The van der Waals surface area contributed by atoms with E-state index in [1.807, 2.05) is 54.6 Å². The van der Waals surface area contributed by atoms with Gasteiger partial charge in [0.05, 0.1) is 0 Å². The number of guanidine groups is 1. The molecule has 34 heavy (non-hydrogen) atoms. The number of carbonyl (C=O) groups is 1. The van der Waals surface area contributed by atoms with Crippen molar-refractivity contribution in [3.63, 3.8) is 0 Å². The molecule has 2 heterocycles. The number of hydrogen-bond acceptors (Lipinski definition) is 6. The number of allylic oxidation sites excluding steroid dienone is 1. The molecule has 168 valence electrons. The first-order valence-electron chi connectivity index (χ1n) is 11.2. The Morgan fingerprint density at radius 3 is 2.47 bits per heavy atom. The van der Waals surface area contributed by atoms with E-state index in [-0.39, 0.29) is 17.5 Å². The molecule has 2 atom stereocenters. The molecular weight excluding hydrogens is 431 g/mol. The average Bonchev–Trinajstić information content (AvgIpc) is 3.26. The van der Waals surface area contributed by atoms with E-state index in [2.05, 4.69) is 15.6 Å². The number of nitrogens with one attached hydrogen (secondary N) is 2. The third-order valence-electron chi connectivity index (χ3n) is 6.28. The molecule has 0 radical (unpaired) electrons. The SMILES string of the molecule is O=C1CC(c2ccc(F)cc2)CC2=C1C(c1ccccc1)N=C(Nc1nc3ccccc3o1)N2. The largest absolute Gasteiger partial charge is 0.423 e. The van der Waals surface area contributed by atoms with Gasteiger partial charge in [-0.2, -0.15) is 4.98 Å². The number of anilines is 1. The molecule has 0 bridgehead atoms. The summed E-state index contributed by atoms with van der Waals surface area (Å²) in [6, 6.07) is 23.5. The molecule has 4 aromatic rings. The number of para-hydroxylation sites is 2. The normalized spacial score (nSPS) is 20.0. The van der Waals surface area contributed by atoms with Crippen molar-refractivity contribution in [3.8, 4) is 0 Å². The summed E-state index contributed by atoms with van der Waals surface area (Å²) in [5, 5.41) is 6.46. The maximum absolute atomic E-state index is 13.4. The third-order valence-corrected chi connectivity index (χ3v) is 6.28. The highest BCUT2D eigenvalue weighted by molar-refractivity contribution is 6.03. The second-order valence-corrected chi connectivity index (χ2v) is 8.50. The lowest BCUT2D eigenvalue weighted by Crippen LogP contribution is -2.39. The Balaban J connectivity index is 1.36. The maximum atomic E-state index is 13.4. The third kappa shape index (κ3) is 3.75. The van der Waals surface area contributed by atoms with E-state index in [1.54, 1.807) is 12.1 Å². The van der Waals surface area contributed by atoms with Crippen LogP contribution in [0.15, 0.2) is 99.5 Å². The standard InChI is InChI=1S/C27H21FN4O2/c28-19-12-10-16(11-13-19)18-14-21-24(22(33)15-18)25(17-6-2-1-3-7-17)31-26(29-21)32-27-30-20-8-4-5-9-23(20)34-27/h1-13,18,25H,14-15H2,(H2,29,30,31,32). The van der Waals surface area contributed by atoms with Crippen LogP contribution in [0.25, 0.3) is 11.1 Å². The quantitative estimate of drug-likeness (QED) is 0.430. The number of rotatable bonds is 3. The summed E-state index contributed by atoms with van der Waals surface area (Å²) < 4.78 is 19.3. The number of aromatic nitrogens is 1. The van der Waals surface area contributed by atoms with Gasteiger partial charge in [0.1, 0.15) is 17.4 Å². The van der Waals surface area contributed by atoms with Crippen molar-refractivity contribution in [1.82, 2.24) is 10.3 Å². The zero-order chi connectivity index (χ0) is 23.1. The van der Waals surface area contributed by atoms with Crippen molar-refractivity contribution in [2.45, 2.75) is 24.8 Å². The van der Waals surface area contributed by atoms with Crippen LogP contribution in [0.2, 0.25) is 0 Å². The van der Waals surface area contributed by atoms with Crippen LogP contribution >= 0.6 is 0 Å². The predicted molar refractivity (Wildman–Crippen MR) is 128 cm³/mol. The van der Waals surface area contributed by atoms with Gasteiger partial charge in [-0.1, -0.05) is 54.6 Å². The Bertz CT molecular complexity index is 1410. The van der Waals surface area contributed by atoms with Crippen molar-refractivity contribution < 1.29 is 13.6 Å². The van der Waals surface area contributed by atoms with E-state index in [4.69, 9.17) is 9.41 Å². The first-order valence-corrected chi connectivity index (χ1v) is 11.2. The molecule has 1 aliphatic heterocycles. The van der Waals surface area contributed by atoms with Crippen molar-refractivity contribution >= 4 is 28.9 Å². The Hall–Kier alpha value is -4.26. The number of carbonyl (C=O) groups excluding carboxylic acids is 1. The molecule has 1 aromatic heterocycles. The first-order chi connectivity index (χ1) is 16.6. The summed E-state index contributed by atoms with van der Waals surface area (Å²) >= 11 is 0. The molecule has 6 nitrogen and oxygen atoms in total. The number of benzene rings is 3. The molecule has 0 amide bonds. The molecule has 0 saturated carbocycles. The summed E-state index contributed by atoms with van der Waals surface area (Å²) in [5.41, 5.74) is 4.77. The monoisotopic (exact) mass is 452 g/mol. The van der Waals surface area contributed by atoms with E-state index in [9.17, 15) is 9.18 Å². The van der Waals surface area contributed by atoms with Crippen LogP contribution in [0, 0.1) is 5.82 Å². The van der Waals surface area contributed by atoms with Crippen LogP contribution in [0.5, 0.6) is 0 Å². The summed E-state index contributed by atoms with van der Waals surface area (Å²) in [5.74, 6) is 0.176. The second-order valence-electron chi connectivity index (χ2n) is 8.50. The average molecular weight is 452 g/mol. The molecule has 0 saturated heterocycles. The molecule has 2 aliphatic rings. The number of oxazole rings is 1. The minimum absolute atomic E-state index is 0.0422. The molecule has 1 aliphatic carbocycles. The van der Waals surface area contributed by atoms with Gasteiger partial charge in [0.25, 0.3) is 0 Å². The van der Waals surface area contributed by atoms with Crippen LogP contribution < -0.4 is 10.6 Å². The van der Waals surface area contributed by atoms with Crippen LogP contribution in [0.4, 0.5) is 10.4 Å². The summed E-state index contributed by atoms with van der Waals surface area (Å²) in [7, 11) is 0. The lowest BCUT2D eigenvalue weighted by molar-refractivity contribution is -0.116. The molecule has 3 aromatic carbocycles. The van der Waals surface area contributed by atoms with E-state index < -0.39 is 6.04 Å². The van der Waals surface area contributed by atoms with Gasteiger partial charge in [-0.25, -0.2) is 9.38 Å². The Kier molecular flexibility index (Phi) is 4.95. The molecule has 2 N–H and O–H groups in total. The zero-order valence-corrected chi connectivity index (χ0v) is 18.2. The van der Waals surface area contributed by atoms with Gasteiger partial charge in [0.15, 0.2) is 11.4 Å². The van der Waals surface area contributed by atoms with E-state index in [0.29, 0.717) is 36.0 Å². The van der Waals surface area contributed by atoms with Crippen molar-refractivity contribution in [3.05, 3.63) is 107 Å². The van der Waals surface area contributed by atoms with Crippen molar-refractivity contribution in [2.75, 3.05) is 5.32 Å². The van der Waals surface area contributed by atoms with Gasteiger partial charge in [0.2, 0.25) is 5.96 Å². The Morgan fingerprint density at radius 2 is 1.68 bits per heavy atom. The highest BCUT2D eigenvalue weighted by Gasteiger charge is 2.37. The Labute approximate surface area is 195 Å². The van der Waals surface area contributed by atoms with Crippen molar-refractivity contribution in [1.29, 1.82) is 0 Å². The van der Waals surface area contributed by atoms with E-state index >= 15 is 0 Å². The van der Waals surface area contributed by atoms with Gasteiger partial charge < -0.3 is 9.73 Å². The number of hydrogen-bond donors (Lipinski definition) is 2. The smallest absolute Gasteiger partial charge is 0.302 e. The number of aliphatic imine (C=N–C) groups is 1. The predicted octanol–water partition coefficient (Wildman–Crippen LogP) is 5.48. The van der Waals surface area contributed by atoms with Crippen LogP contribution in [-0.4, -0.2) is 16.7 Å². The molecule has 6 rings (SSSR count). The fraction of sp³-hybridized carbons (Fsp3) is 0.148. The number of nitrogens with zero attached hydrogens (tertiary/aromatic N) is 2. The van der Waals surface area contributed by atoms with E-state index in [0.717, 1.165) is 22.3 Å². The second kappa shape index (κ2) is 8.26. The van der Waals surface area contributed by atoms with Crippen LogP contribution in [0.3, 0.4) is 0 Å². The number of halogens is 1. The van der Waals surface area contributed by atoms with E-state index in [1.165, 1.54) is 12.1 Å². The van der Waals surface area contributed by atoms with Gasteiger partial charge >= 0.3 is 6.01 Å². The highest BCUT2D eigenvalue weighted by Crippen LogP contribution is 2.41. The van der Waals surface area contributed by atoms with Gasteiger partial charge in [0, 0.05) is 17.7 Å². The fourth-order valence-corrected chi connectivity index (χ4v) is 4.67. The number of fused-ring (bicyclic) bond motifs is 1. The fourth-order valence-electron chi connectivity index (χ4n) is 4.67.